The smallest absolute Gasteiger partial charge is 0.354 e. The minimum absolute atomic E-state index is 0.000810. The molecule has 4 aromatic rings. The summed E-state index contributed by atoms with van der Waals surface area (Å²) >= 11 is 6.57. The Morgan fingerprint density at radius 2 is 1.50 bits per heavy atom. The van der Waals surface area contributed by atoms with Crippen LogP contribution in [0.1, 0.15) is 50.7 Å². The molecule has 0 amide bonds. The van der Waals surface area contributed by atoms with Crippen molar-refractivity contribution in [2.24, 2.45) is 0 Å². The van der Waals surface area contributed by atoms with Gasteiger partial charge in [-0.25, -0.2) is 4.79 Å². The highest BCUT2D eigenvalue weighted by molar-refractivity contribution is 6.38. The van der Waals surface area contributed by atoms with Gasteiger partial charge in [-0.05, 0) is 79.4 Å². The summed E-state index contributed by atoms with van der Waals surface area (Å²) in [6, 6.07) is 20.6. The highest BCUT2D eigenvalue weighted by Crippen LogP contribution is 2.37. The van der Waals surface area contributed by atoms with Crippen molar-refractivity contribution in [1.29, 1.82) is 0 Å². The number of aromatic carboxylic acids is 1. The first-order valence-corrected chi connectivity index (χ1v) is 11.5. The first-order chi connectivity index (χ1) is 16.0. The van der Waals surface area contributed by atoms with Crippen LogP contribution in [0.2, 0.25) is 5.02 Å². The van der Waals surface area contributed by atoms with E-state index in [-0.39, 0.29) is 22.2 Å². The number of rotatable bonds is 6. The fourth-order valence-corrected chi connectivity index (χ4v) is 4.18. The van der Waals surface area contributed by atoms with Crippen molar-refractivity contribution in [3.63, 3.8) is 0 Å². The Hall–Kier alpha value is -3.44. The monoisotopic (exact) mass is 477 g/mol. The maximum Gasteiger partial charge on any atom is 0.354 e. The van der Waals surface area contributed by atoms with E-state index in [4.69, 9.17) is 21.1 Å². The van der Waals surface area contributed by atoms with Crippen LogP contribution >= 0.6 is 11.6 Å². The molecule has 5 nitrogen and oxygen atoms in total. The van der Waals surface area contributed by atoms with Crippen molar-refractivity contribution in [2.75, 3.05) is 0 Å². The number of fused-ring (bicyclic) bond motifs is 1. The first kappa shape index (κ1) is 23.7. The summed E-state index contributed by atoms with van der Waals surface area (Å²) in [6.07, 6.45) is 0.0466. The summed E-state index contributed by atoms with van der Waals surface area (Å²) < 4.78 is 13.4. The van der Waals surface area contributed by atoms with Gasteiger partial charge in [0.25, 0.3) is 0 Å². The third-order valence-electron chi connectivity index (χ3n) is 5.50. The number of carboxylic acid groups (broad SMARTS) is 1. The minimum Gasteiger partial charge on any atom is -0.491 e. The third kappa shape index (κ3) is 4.75. The molecule has 0 unspecified atom stereocenters. The second-order valence-electron chi connectivity index (χ2n) is 9.52. The van der Waals surface area contributed by atoms with Gasteiger partial charge in [0.05, 0.1) is 16.6 Å². The Bertz CT molecular complexity index is 1330. The van der Waals surface area contributed by atoms with E-state index in [0.29, 0.717) is 33.8 Å². The predicted octanol–water partition coefficient (Wildman–Crippen LogP) is 7.86. The summed E-state index contributed by atoms with van der Waals surface area (Å²) in [6.45, 7) is 10.4. The zero-order chi connectivity index (χ0) is 24.6. The number of benzene rings is 3. The number of nitrogens with zero attached hydrogens (tertiary/aromatic N) is 1. The molecule has 1 N–H and O–H groups in total. The molecule has 6 heteroatoms. The van der Waals surface area contributed by atoms with Crippen LogP contribution in [0.3, 0.4) is 0 Å². The van der Waals surface area contributed by atoms with Gasteiger partial charge in [0, 0.05) is 11.1 Å². The fourth-order valence-electron chi connectivity index (χ4n) is 3.86. The summed E-state index contributed by atoms with van der Waals surface area (Å²) in [5.74, 6) is 0.880. The molecule has 0 aliphatic heterocycles. The third-order valence-corrected chi connectivity index (χ3v) is 5.88. The average Bonchev–Trinajstić information content (AvgIpc) is 3.06. The van der Waals surface area contributed by atoms with Crippen molar-refractivity contribution >= 4 is 28.5 Å². The van der Waals surface area contributed by atoms with Crippen LogP contribution in [0.25, 0.3) is 16.6 Å². The molecule has 34 heavy (non-hydrogen) atoms. The van der Waals surface area contributed by atoms with Crippen molar-refractivity contribution < 1.29 is 19.4 Å². The standard InChI is InChI=1S/C28H28ClNO4/c1-17(2)33-20-12-8-19(9-13-20)30-24-15-14-22(16-23(24)25(29)26(30)27(31)32)34-21-10-6-18(7-11-21)28(3,4)5/h6-17H,1-5H3,(H,31,32). The normalized spacial score (nSPS) is 11.7. The summed E-state index contributed by atoms with van der Waals surface area (Å²) in [4.78, 5) is 12.1. The van der Waals surface area contributed by atoms with Gasteiger partial charge in [-0.15, -0.1) is 0 Å². The van der Waals surface area contributed by atoms with Gasteiger partial charge in [-0.2, -0.15) is 0 Å². The molecule has 0 atom stereocenters. The van der Waals surface area contributed by atoms with E-state index in [0.717, 1.165) is 0 Å². The van der Waals surface area contributed by atoms with Crippen LogP contribution in [0.15, 0.2) is 66.7 Å². The van der Waals surface area contributed by atoms with Gasteiger partial charge in [0.1, 0.15) is 17.2 Å². The van der Waals surface area contributed by atoms with Gasteiger partial charge < -0.3 is 19.1 Å². The zero-order valence-electron chi connectivity index (χ0n) is 19.9. The Morgan fingerprint density at radius 1 is 0.912 bits per heavy atom. The molecule has 0 saturated carbocycles. The van der Waals surface area contributed by atoms with Gasteiger partial charge >= 0.3 is 5.97 Å². The highest BCUT2D eigenvalue weighted by Gasteiger charge is 2.23. The number of aromatic nitrogens is 1. The lowest BCUT2D eigenvalue weighted by Gasteiger charge is -2.19. The fraction of sp³-hybridized carbons (Fsp3) is 0.250. The molecule has 0 bridgehead atoms. The van der Waals surface area contributed by atoms with Gasteiger partial charge in [-0.1, -0.05) is 44.5 Å². The lowest BCUT2D eigenvalue weighted by Crippen LogP contribution is -2.10. The second-order valence-corrected chi connectivity index (χ2v) is 9.90. The van der Waals surface area contributed by atoms with Crippen molar-refractivity contribution in [2.45, 2.75) is 46.1 Å². The van der Waals surface area contributed by atoms with Gasteiger partial charge in [0.2, 0.25) is 0 Å². The molecule has 1 aromatic heterocycles. The largest absolute Gasteiger partial charge is 0.491 e. The average molecular weight is 478 g/mol. The summed E-state index contributed by atoms with van der Waals surface area (Å²) in [7, 11) is 0. The minimum atomic E-state index is -1.11. The molecule has 176 valence electrons. The van der Waals surface area contributed by atoms with Crippen LogP contribution in [-0.4, -0.2) is 21.7 Å². The molecule has 0 spiro atoms. The molecule has 0 aliphatic carbocycles. The first-order valence-electron chi connectivity index (χ1n) is 11.2. The predicted molar refractivity (Wildman–Crippen MR) is 136 cm³/mol. The second kappa shape index (κ2) is 9.07. The number of carboxylic acids is 1. The van der Waals surface area contributed by atoms with Crippen LogP contribution < -0.4 is 9.47 Å². The SMILES string of the molecule is CC(C)Oc1ccc(-n2c(C(=O)O)c(Cl)c3cc(Oc4ccc(C(C)(C)C)cc4)ccc32)cc1. The van der Waals surface area contributed by atoms with E-state index in [1.165, 1.54) is 5.56 Å². The Balaban J connectivity index is 1.73. The molecular weight excluding hydrogens is 450 g/mol. The number of hydrogen-bond acceptors (Lipinski definition) is 3. The lowest BCUT2D eigenvalue weighted by molar-refractivity contribution is 0.0689. The van der Waals surface area contributed by atoms with E-state index in [2.05, 4.69) is 20.8 Å². The van der Waals surface area contributed by atoms with E-state index >= 15 is 0 Å². The topological polar surface area (TPSA) is 60.7 Å². The summed E-state index contributed by atoms with van der Waals surface area (Å²) in [5, 5.41) is 10.7. The summed E-state index contributed by atoms with van der Waals surface area (Å²) in [5.41, 5.74) is 2.62. The van der Waals surface area contributed by atoms with E-state index < -0.39 is 5.97 Å². The molecule has 3 aromatic carbocycles. The van der Waals surface area contributed by atoms with Gasteiger partial charge in [0.15, 0.2) is 5.69 Å². The zero-order valence-corrected chi connectivity index (χ0v) is 20.7. The molecule has 0 radical (unpaired) electrons. The van der Waals surface area contributed by atoms with E-state index in [9.17, 15) is 9.90 Å². The van der Waals surface area contributed by atoms with Crippen molar-refractivity contribution in [1.82, 2.24) is 4.57 Å². The molecule has 0 fully saturated rings. The molecule has 0 saturated heterocycles. The van der Waals surface area contributed by atoms with Crippen LogP contribution in [0.4, 0.5) is 0 Å². The maximum absolute atomic E-state index is 12.1. The number of ether oxygens (including phenoxy) is 2. The van der Waals surface area contributed by atoms with E-state index in [1.54, 1.807) is 10.6 Å². The Morgan fingerprint density at radius 3 is 2.06 bits per heavy atom. The Kier molecular flexibility index (Phi) is 6.32. The molecule has 0 aliphatic rings. The molecule has 1 heterocycles. The Labute approximate surface area is 204 Å². The molecule has 4 rings (SSSR count). The molecular formula is C28H28ClNO4. The van der Waals surface area contributed by atoms with Crippen LogP contribution in [0.5, 0.6) is 17.2 Å². The van der Waals surface area contributed by atoms with Crippen LogP contribution in [0, 0.1) is 0 Å². The maximum atomic E-state index is 12.1. The van der Waals surface area contributed by atoms with Gasteiger partial charge in [-0.3, -0.25) is 0 Å². The van der Waals surface area contributed by atoms with Crippen molar-refractivity contribution in [3.05, 3.63) is 83.0 Å². The van der Waals surface area contributed by atoms with Crippen molar-refractivity contribution in [3.8, 4) is 22.9 Å². The number of hydrogen-bond donors (Lipinski definition) is 1. The quantitative estimate of drug-likeness (QED) is 0.307. The highest BCUT2D eigenvalue weighted by atomic mass is 35.5. The van der Waals surface area contributed by atoms with E-state index in [1.807, 2.05) is 74.5 Å². The number of halogens is 1. The number of carbonyl (C=O) groups is 1. The lowest BCUT2D eigenvalue weighted by atomic mass is 9.87. The van der Waals surface area contributed by atoms with Crippen LogP contribution in [-0.2, 0) is 5.41 Å².